The maximum absolute atomic E-state index is 13.0. The number of H-pyrrole nitrogens is 1. The van der Waals surface area contributed by atoms with Crippen molar-refractivity contribution in [3.05, 3.63) is 66.1 Å². The van der Waals surface area contributed by atoms with Gasteiger partial charge in [0.2, 0.25) is 0 Å². The van der Waals surface area contributed by atoms with Crippen molar-refractivity contribution < 1.29 is 4.79 Å². The fourth-order valence-corrected chi connectivity index (χ4v) is 3.39. The van der Waals surface area contributed by atoms with Gasteiger partial charge in [-0.05, 0) is 36.2 Å². The van der Waals surface area contributed by atoms with Crippen LogP contribution in [0.25, 0.3) is 21.9 Å². The lowest BCUT2D eigenvalue weighted by molar-refractivity contribution is 0.0925. The number of aromatic nitrogens is 3. The molecule has 0 bridgehead atoms. The number of aryl methyl sites for hydroxylation is 1. The molecule has 1 unspecified atom stereocenters. The molecule has 0 saturated heterocycles. The van der Waals surface area contributed by atoms with Gasteiger partial charge in [-0.25, -0.2) is 4.98 Å². The summed E-state index contributed by atoms with van der Waals surface area (Å²) in [4.78, 5) is 21.0. The summed E-state index contributed by atoms with van der Waals surface area (Å²) in [5.41, 5.74) is 3.62. The van der Waals surface area contributed by atoms with E-state index in [4.69, 9.17) is 0 Å². The maximum atomic E-state index is 13.0. The number of carbonyl (C=O) groups excluding carboxylic acids is 1. The van der Waals surface area contributed by atoms with Crippen LogP contribution < -0.4 is 5.32 Å². The minimum atomic E-state index is -0.186. The summed E-state index contributed by atoms with van der Waals surface area (Å²) in [5.74, 6) is 0.908. The summed E-state index contributed by atoms with van der Waals surface area (Å²) in [5, 5.41) is 4.13. The van der Waals surface area contributed by atoms with Crippen molar-refractivity contribution in [2.45, 2.75) is 19.9 Å². The fraction of sp³-hybridized carbons (Fsp3) is 0.238. The summed E-state index contributed by atoms with van der Waals surface area (Å²) < 4.78 is 2.02. The highest BCUT2D eigenvalue weighted by molar-refractivity contribution is 6.06. The second kappa shape index (κ2) is 6.33. The molecule has 26 heavy (non-hydrogen) atoms. The molecule has 5 nitrogen and oxygen atoms in total. The fourth-order valence-electron chi connectivity index (χ4n) is 3.39. The molecular weight excluding hydrogens is 324 g/mol. The standard InChI is InChI=1S/C21H22N4O/c1-13(2)19(20-22-16-8-4-5-9-17(16)23-20)24-21(26)15-7-6-10-18-14(15)11-12-25(18)3/h4-13,19H,1-3H3,(H,22,23)(H,24,26). The van der Waals surface area contributed by atoms with E-state index in [-0.39, 0.29) is 17.9 Å². The number of carbonyl (C=O) groups is 1. The number of para-hydroxylation sites is 2. The van der Waals surface area contributed by atoms with E-state index in [1.807, 2.05) is 66.3 Å². The van der Waals surface area contributed by atoms with Crippen LogP contribution in [-0.2, 0) is 7.05 Å². The van der Waals surface area contributed by atoms with Crippen molar-refractivity contribution in [3.8, 4) is 0 Å². The summed E-state index contributed by atoms with van der Waals surface area (Å²) >= 11 is 0. The van der Waals surface area contributed by atoms with Gasteiger partial charge in [-0.15, -0.1) is 0 Å². The lowest BCUT2D eigenvalue weighted by atomic mass is 10.0. The van der Waals surface area contributed by atoms with Gasteiger partial charge < -0.3 is 14.9 Å². The van der Waals surface area contributed by atoms with Crippen LogP contribution in [0.2, 0.25) is 0 Å². The SMILES string of the molecule is CC(C)C(NC(=O)c1cccc2c1ccn2C)c1nc2ccccc2[nH]1. The average molecular weight is 346 g/mol. The van der Waals surface area contributed by atoms with Crippen LogP contribution in [0.4, 0.5) is 0 Å². The molecular formula is C21H22N4O. The van der Waals surface area contributed by atoms with Gasteiger partial charge >= 0.3 is 0 Å². The van der Waals surface area contributed by atoms with Crippen molar-refractivity contribution in [2.24, 2.45) is 13.0 Å². The third-order valence-electron chi connectivity index (χ3n) is 4.83. The van der Waals surface area contributed by atoms with E-state index in [1.165, 1.54) is 0 Å². The molecule has 2 N–H and O–H groups in total. The van der Waals surface area contributed by atoms with Gasteiger partial charge in [-0.2, -0.15) is 0 Å². The van der Waals surface area contributed by atoms with E-state index in [0.29, 0.717) is 5.56 Å². The monoisotopic (exact) mass is 346 g/mol. The number of amides is 1. The van der Waals surface area contributed by atoms with Gasteiger partial charge in [-0.1, -0.05) is 32.0 Å². The van der Waals surface area contributed by atoms with Gasteiger partial charge in [-0.3, -0.25) is 4.79 Å². The highest BCUT2D eigenvalue weighted by Gasteiger charge is 2.23. The number of imidazole rings is 1. The number of aromatic amines is 1. The Hall–Kier alpha value is -3.08. The Morgan fingerprint density at radius 3 is 2.69 bits per heavy atom. The largest absolute Gasteiger partial charge is 0.351 e. The summed E-state index contributed by atoms with van der Waals surface area (Å²) in [6.07, 6.45) is 1.97. The third kappa shape index (κ3) is 2.75. The molecule has 1 amide bonds. The number of fused-ring (bicyclic) bond motifs is 2. The molecule has 0 aliphatic rings. The summed E-state index contributed by atoms with van der Waals surface area (Å²) in [7, 11) is 1.98. The molecule has 0 fully saturated rings. The van der Waals surface area contributed by atoms with E-state index in [1.54, 1.807) is 0 Å². The van der Waals surface area contributed by atoms with Crippen molar-refractivity contribution in [1.82, 2.24) is 19.9 Å². The number of rotatable bonds is 4. The quantitative estimate of drug-likeness (QED) is 0.582. The molecule has 4 rings (SSSR count). The molecule has 0 aliphatic heterocycles. The lowest BCUT2D eigenvalue weighted by Gasteiger charge is -2.20. The normalized spacial score (nSPS) is 12.8. The van der Waals surface area contributed by atoms with Crippen molar-refractivity contribution in [3.63, 3.8) is 0 Å². The molecule has 0 saturated carbocycles. The first-order valence-corrected chi connectivity index (χ1v) is 8.84. The van der Waals surface area contributed by atoms with Gasteiger partial charge in [0.25, 0.3) is 5.91 Å². The van der Waals surface area contributed by atoms with Crippen LogP contribution >= 0.6 is 0 Å². The highest BCUT2D eigenvalue weighted by atomic mass is 16.1. The minimum Gasteiger partial charge on any atom is -0.351 e. The van der Waals surface area contributed by atoms with E-state index in [2.05, 4.69) is 29.1 Å². The van der Waals surface area contributed by atoms with Crippen LogP contribution in [0, 0.1) is 5.92 Å². The Labute approximate surface area is 152 Å². The second-order valence-corrected chi connectivity index (χ2v) is 7.00. The number of hydrogen-bond acceptors (Lipinski definition) is 2. The zero-order valence-corrected chi connectivity index (χ0v) is 15.2. The number of benzene rings is 2. The second-order valence-electron chi connectivity index (χ2n) is 7.00. The first-order chi connectivity index (χ1) is 12.5. The highest BCUT2D eigenvalue weighted by Crippen LogP contribution is 2.24. The Morgan fingerprint density at radius 1 is 1.12 bits per heavy atom. The number of hydrogen-bond donors (Lipinski definition) is 2. The molecule has 2 aromatic carbocycles. The van der Waals surface area contributed by atoms with Crippen LogP contribution in [-0.4, -0.2) is 20.4 Å². The Morgan fingerprint density at radius 2 is 1.92 bits per heavy atom. The van der Waals surface area contributed by atoms with Gasteiger partial charge in [0.15, 0.2) is 0 Å². The molecule has 1 atom stereocenters. The summed E-state index contributed by atoms with van der Waals surface area (Å²) in [6.45, 7) is 4.17. The molecule has 5 heteroatoms. The molecule has 0 spiro atoms. The number of nitrogens with zero attached hydrogens (tertiary/aromatic N) is 2. The first kappa shape index (κ1) is 16.4. The first-order valence-electron chi connectivity index (χ1n) is 8.84. The van der Waals surface area contributed by atoms with Crippen molar-refractivity contribution in [1.29, 1.82) is 0 Å². The Balaban J connectivity index is 1.69. The van der Waals surface area contributed by atoms with Crippen LogP contribution in [0.15, 0.2) is 54.7 Å². The molecule has 2 heterocycles. The van der Waals surface area contributed by atoms with Crippen molar-refractivity contribution in [2.75, 3.05) is 0 Å². The van der Waals surface area contributed by atoms with Crippen LogP contribution in [0.1, 0.15) is 36.1 Å². The van der Waals surface area contributed by atoms with Crippen LogP contribution in [0.5, 0.6) is 0 Å². The smallest absolute Gasteiger partial charge is 0.252 e. The lowest BCUT2D eigenvalue weighted by Crippen LogP contribution is -2.32. The van der Waals surface area contributed by atoms with Gasteiger partial charge in [0.1, 0.15) is 5.82 Å². The topological polar surface area (TPSA) is 62.7 Å². The zero-order chi connectivity index (χ0) is 18.3. The minimum absolute atomic E-state index is 0.0824. The van der Waals surface area contributed by atoms with Gasteiger partial charge in [0, 0.05) is 29.7 Å². The Kier molecular flexibility index (Phi) is 3.99. The summed E-state index contributed by atoms with van der Waals surface area (Å²) in [6, 6.07) is 15.5. The zero-order valence-electron chi connectivity index (χ0n) is 15.2. The maximum Gasteiger partial charge on any atom is 0.252 e. The molecule has 0 radical (unpaired) electrons. The average Bonchev–Trinajstić information content (AvgIpc) is 3.22. The van der Waals surface area contributed by atoms with Crippen molar-refractivity contribution >= 4 is 27.8 Å². The van der Waals surface area contributed by atoms with E-state index in [0.717, 1.165) is 27.8 Å². The van der Waals surface area contributed by atoms with E-state index in [9.17, 15) is 4.79 Å². The molecule has 132 valence electrons. The predicted octanol–water partition coefficient (Wildman–Crippen LogP) is 4.18. The molecule has 2 aromatic heterocycles. The third-order valence-corrected chi connectivity index (χ3v) is 4.83. The van der Waals surface area contributed by atoms with Gasteiger partial charge in [0.05, 0.1) is 17.1 Å². The van der Waals surface area contributed by atoms with Crippen LogP contribution in [0.3, 0.4) is 0 Å². The van der Waals surface area contributed by atoms with E-state index < -0.39 is 0 Å². The predicted molar refractivity (Wildman–Crippen MR) is 104 cm³/mol. The molecule has 4 aromatic rings. The molecule has 0 aliphatic carbocycles. The Bertz CT molecular complexity index is 1060. The number of nitrogens with one attached hydrogen (secondary N) is 2. The van der Waals surface area contributed by atoms with E-state index >= 15 is 0 Å².